The van der Waals surface area contributed by atoms with E-state index >= 15 is 0 Å². The van der Waals surface area contributed by atoms with Crippen LogP contribution >= 0.6 is 0 Å². The summed E-state index contributed by atoms with van der Waals surface area (Å²) >= 11 is 0. The molecule has 1 fully saturated rings. The molecular weight excluding hydrogens is 342 g/mol. The number of pyridine rings is 1. The fourth-order valence-corrected chi connectivity index (χ4v) is 3.31. The van der Waals surface area contributed by atoms with Crippen LogP contribution in [0.15, 0.2) is 42.7 Å². The van der Waals surface area contributed by atoms with Crippen molar-refractivity contribution in [2.24, 2.45) is 0 Å². The van der Waals surface area contributed by atoms with Gasteiger partial charge in [-0.15, -0.1) is 0 Å². The van der Waals surface area contributed by atoms with E-state index in [2.05, 4.69) is 9.88 Å². The van der Waals surface area contributed by atoms with Crippen molar-refractivity contribution in [1.82, 2.24) is 14.8 Å². The number of benzene rings is 1. The molecule has 0 aliphatic carbocycles. The Bertz CT molecular complexity index is 800. The normalized spacial score (nSPS) is 14.8. The molecule has 0 spiro atoms. The summed E-state index contributed by atoms with van der Waals surface area (Å²) in [6.07, 6.45) is 3.85. The average Bonchev–Trinajstić information content (AvgIpc) is 2.69. The van der Waals surface area contributed by atoms with Gasteiger partial charge in [0.15, 0.2) is 5.78 Å². The maximum Gasteiger partial charge on any atom is 0.227 e. The number of hydrogen-bond donors (Lipinski definition) is 0. The Balaban J connectivity index is 1.58. The van der Waals surface area contributed by atoms with Crippen LogP contribution in [-0.4, -0.2) is 59.8 Å². The van der Waals surface area contributed by atoms with Crippen LogP contribution in [0.2, 0.25) is 0 Å². The van der Waals surface area contributed by atoms with Crippen LogP contribution in [0.1, 0.15) is 28.4 Å². The summed E-state index contributed by atoms with van der Waals surface area (Å²) in [4.78, 5) is 32.6. The second-order valence-corrected chi connectivity index (χ2v) is 6.77. The van der Waals surface area contributed by atoms with Crippen molar-refractivity contribution >= 4 is 11.7 Å². The number of Topliss-reactive ketones (excluding diaryl/α,β-unsaturated/α-hetero) is 1. The Morgan fingerprint density at radius 2 is 1.78 bits per heavy atom. The van der Waals surface area contributed by atoms with E-state index in [-0.39, 0.29) is 18.1 Å². The fraction of sp³-hybridized carbons (Fsp3) is 0.381. The second kappa shape index (κ2) is 8.77. The molecule has 27 heavy (non-hydrogen) atoms. The maximum atomic E-state index is 12.7. The molecule has 2 heterocycles. The summed E-state index contributed by atoms with van der Waals surface area (Å²) in [6.45, 7) is 5.50. The number of rotatable bonds is 6. The zero-order valence-electron chi connectivity index (χ0n) is 15.9. The van der Waals surface area contributed by atoms with Crippen molar-refractivity contribution in [2.45, 2.75) is 19.9 Å². The van der Waals surface area contributed by atoms with Crippen LogP contribution in [0, 0.1) is 0 Å². The lowest BCUT2D eigenvalue weighted by molar-refractivity contribution is -0.132. The number of nitrogens with zero attached hydrogens (tertiary/aromatic N) is 3. The van der Waals surface area contributed by atoms with E-state index in [1.54, 1.807) is 37.7 Å². The first-order chi connectivity index (χ1) is 13.1. The van der Waals surface area contributed by atoms with Gasteiger partial charge in [0.1, 0.15) is 5.75 Å². The molecule has 1 aliphatic heterocycles. The third-order valence-corrected chi connectivity index (χ3v) is 4.91. The number of carbonyl (C=O) groups is 2. The van der Waals surface area contributed by atoms with Gasteiger partial charge >= 0.3 is 0 Å². The van der Waals surface area contributed by atoms with Crippen molar-refractivity contribution < 1.29 is 14.3 Å². The van der Waals surface area contributed by atoms with Gasteiger partial charge in [-0.3, -0.25) is 19.5 Å². The predicted molar refractivity (Wildman–Crippen MR) is 103 cm³/mol. The molecule has 1 aromatic heterocycles. The molecule has 0 saturated carbocycles. The van der Waals surface area contributed by atoms with Crippen molar-refractivity contribution in [1.29, 1.82) is 0 Å². The third-order valence-electron chi connectivity index (χ3n) is 4.91. The van der Waals surface area contributed by atoms with E-state index in [1.807, 2.05) is 17.0 Å². The van der Waals surface area contributed by atoms with E-state index in [0.717, 1.165) is 25.2 Å². The van der Waals surface area contributed by atoms with Crippen molar-refractivity contribution in [3.05, 3.63) is 59.4 Å². The fourth-order valence-electron chi connectivity index (χ4n) is 3.31. The molecule has 6 heteroatoms. The lowest BCUT2D eigenvalue weighted by Gasteiger charge is -2.35. The third kappa shape index (κ3) is 4.92. The van der Waals surface area contributed by atoms with Gasteiger partial charge < -0.3 is 9.64 Å². The van der Waals surface area contributed by atoms with Gasteiger partial charge in [-0.2, -0.15) is 0 Å². The molecule has 0 atom stereocenters. The number of amides is 1. The van der Waals surface area contributed by atoms with Crippen LogP contribution in [0.5, 0.6) is 5.75 Å². The minimum atomic E-state index is -0.0175. The highest BCUT2D eigenvalue weighted by Crippen LogP contribution is 2.22. The first kappa shape index (κ1) is 19.0. The molecule has 1 aromatic carbocycles. The minimum Gasteiger partial charge on any atom is -0.496 e. The monoisotopic (exact) mass is 367 g/mol. The number of hydrogen-bond acceptors (Lipinski definition) is 5. The van der Waals surface area contributed by atoms with E-state index in [1.165, 1.54) is 12.5 Å². The summed E-state index contributed by atoms with van der Waals surface area (Å²) in [6, 6.07) is 9.29. The Hall–Kier alpha value is -2.73. The molecule has 2 aromatic rings. The average molecular weight is 367 g/mol. The first-order valence-electron chi connectivity index (χ1n) is 9.13. The highest BCUT2D eigenvalue weighted by molar-refractivity contribution is 5.94. The standard InChI is InChI=1S/C21H25N3O3/c1-16(25)18-3-4-20(27-2)19(13-18)14-21(26)24-11-9-23(10-12-24)15-17-5-7-22-8-6-17/h3-8,13H,9-12,14-15H2,1-2H3. The van der Waals surface area contributed by atoms with Gasteiger partial charge in [-0.05, 0) is 42.8 Å². The Kier molecular flexibility index (Phi) is 6.19. The predicted octanol–water partition coefficient (Wildman–Crippen LogP) is 2.18. The summed E-state index contributed by atoms with van der Waals surface area (Å²) < 4.78 is 5.36. The van der Waals surface area contributed by atoms with E-state index in [4.69, 9.17) is 4.74 Å². The molecule has 0 radical (unpaired) electrons. The molecule has 0 bridgehead atoms. The highest BCUT2D eigenvalue weighted by atomic mass is 16.5. The molecule has 1 saturated heterocycles. The molecule has 6 nitrogen and oxygen atoms in total. The summed E-state index contributed by atoms with van der Waals surface area (Å²) in [5.74, 6) is 0.693. The molecular formula is C21H25N3O3. The lowest BCUT2D eigenvalue weighted by Crippen LogP contribution is -2.48. The first-order valence-corrected chi connectivity index (χ1v) is 9.13. The van der Waals surface area contributed by atoms with Gasteiger partial charge in [-0.25, -0.2) is 0 Å². The van der Waals surface area contributed by atoms with Crippen LogP contribution < -0.4 is 4.74 Å². The van der Waals surface area contributed by atoms with Crippen molar-refractivity contribution in [3.63, 3.8) is 0 Å². The van der Waals surface area contributed by atoms with Gasteiger partial charge in [0.05, 0.1) is 13.5 Å². The highest BCUT2D eigenvalue weighted by Gasteiger charge is 2.22. The molecule has 142 valence electrons. The van der Waals surface area contributed by atoms with Crippen molar-refractivity contribution in [2.75, 3.05) is 33.3 Å². The van der Waals surface area contributed by atoms with Gasteiger partial charge in [0.25, 0.3) is 0 Å². The minimum absolute atomic E-state index is 0.0175. The quantitative estimate of drug-likeness (QED) is 0.733. The number of piperazine rings is 1. The van der Waals surface area contributed by atoms with E-state index in [9.17, 15) is 9.59 Å². The largest absolute Gasteiger partial charge is 0.496 e. The summed E-state index contributed by atoms with van der Waals surface area (Å²) in [5, 5.41) is 0. The lowest BCUT2D eigenvalue weighted by atomic mass is 10.0. The van der Waals surface area contributed by atoms with Gasteiger partial charge in [0.2, 0.25) is 5.91 Å². The number of aromatic nitrogens is 1. The zero-order valence-corrected chi connectivity index (χ0v) is 15.9. The Morgan fingerprint density at radius 3 is 2.41 bits per heavy atom. The molecule has 1 amide bonds. The van der Waals surface area contributed by atoms with E-state index < -0.39 is 0 Å². The van der Waals surface area contributed by atoms with Gasteiger partial charge in [0, 0.05) is 56.2 Å². The topological polar surface area (TPSA) is 62.7 Å². The molecule has 1 aliphatic rings. The summed E-state index contributed by atoms with van der Waals surface area (Å²) in [7, 11) is 1.58. The number of ether oxygens (including phenoxy) is 1. The second-order valence-electron chi connectivity index (χ2n) is 6.77. The summed E-state index contributed by atoms with van der Waals surface area (Å²) in [5.41, 5.74) is 2.59. The van der Waals surface area contributed by atoms with Crippen LogP contribution in [-0.2, 0) is 17.8 Å². The smallest absolute Gasteiger partial charge is 0.227 e. The Labute approximate surface area is 159 Å². The van der Waals surface area contributed by atoms with E-state index in [0.29, 0.717) is 24.4 Å². The van der Waals surface area contributed by atoms with Crippen molar-refractivity contribution in [3.8, 4) is 5.75 Å². The molecule has 3 rings (SSSR count). The number of carbonyl (C=O) groups excluding carboxylic acids is 2. The SMILES string of the molecule is COc1ccc(C(C)=O)cc1CC(=O)N1CCN(Cc2ccncc2)CC1. The van der Waals surface area contributed by atoms with Crippen LogP contribution in [0.3, 0.4) is 0 Å². The Morgan fingerprint density at radius 1 is 1.07 bits per heavy atom. The molecule has 0 unspecified atom stereocenters. The number of methoxy groups -OCH3 is 1. The van der Waals surface area contributed by atoms with Gasteiger partial charge in [-0.1, -0.05) is 0 Å². The maximum absolute atomic E-state index is 12.7. The van der Waals surface area contributed by atoms with Crippen LogP contribution in [0.25, 0.3) is 0 Å². The number of ketones is 1. The van der Waals surface area contributed by atoms with Crippen LogP contribution in [0.4, 0.5) is 0 Å². The zero-order chi connectivity index (χ0) is 19.2. The molecule has 0 N–H and O–H groups in total.